The van der Waals surface area contributed by atoms with E-state index in [0.29, 0.717) is 13.2 Å². The molecule has 1 aromatic heterocycles. The normalized spacial score (nSPS) is 14.0. The van der Waals surface area contributed by atoms with E-state index in [2.05, 4.69) is 14.8 Å². The molecule has 2 heterocycles. The van der Waals surface area contributed by atoms with E-state index in [0.717, 1.165) is 35.3 Å². The molecule has 1 aromatic carbocycles. The molecule has 0 fully saturated rings. The number of methoxy groups -OCH3 is 2. The number of fused-ring (bicyclic) bond motifs is 1. The van der Waals surface area contributed by atoms with Crippen LogP contribution < -0.4 is 9.47 Å². The first kappa shape index (κ1) is 12.0. The van der Waals surface area contributed by atoms with Gasteiger partial charge in [0, 0.05) is 18.2 Å². The van der Waals surface area contributed by atoms with Gasteiger partial charge in [0.15, 0.2) is 11.6 Å². The van der Waals surface area contributed by atoms with E-state index >= 15 is 0 Å². The van der Waals surface area contributed by atoms with E-state index in [1.807, 2.05) is 18.2 Å². The van der Waals surface area contributed by atoms with Gasteiger partial charge in [0.05, 0.1) is 20.8 Å². The smallest absolute Gasteiger partial charge is 0.164 e. The number of nitrogens with zero attached hydrogens (tertiary/aromatic N) is 3. The number of ether oxygens (including phenoxy) is 3. The zero-order valence-electron chi connectivity index (χ0n) is 10.9. The third kappa shape index (κ3) is 2.15. The molecule has 2 aromatic rings. The van der Waals surface area contributed by atoms with Crippen molar-refractivity contribution in [1.82, 2.24) is 14.8 Å². The molecular weight excluding hydrogens is 246 g/mol. The second kappa shape index (κ2) is 4.89. The Labute approximate surface area is 110 Å². The first-order valence-electron chi connectivity index (χ1n) is 6.05. The van der Waals surface area contributed by atoms with E-state index in [1.54, 1.807) is 14.2 Å². The van der Waals surface area contributed by atoms with Crippen LogP contribution in [0.25, 0.3) is 11.4 Å². The summed E-state index contributed by atoms with van der Waals surface area (Å²) < 4.78 is 18.0. The Hall–Kier alpha value is -2.08. The van der Waals surface area contributed by atoms with Crippen molar-refractivity contribution < 1.29 is 14.2 Å². The highest BCUT2D eigenvalue weighted by atomic mass is 16.5. The van der Waals surface area contributed by atoms with Crippen LogP contribution in [0.5, 0.6) is 11.5 Å². The number of hydrogen-bond donors (Lipinski definition) is 0. The van der Waals surface area contributed by atoms with Crippen LogP contribution in [-0.4, -0.2) is 35.6 Å². The molecule has 0 saturated heterocycles. The zero-order chi connectivity index (χ0) is 13.2. The Morgan fingerprint density at radius 3 is 2.53 bits per heavy atom. The van der Waals surface area contributed by atoms with Crippen LogP contribution in [0.2, 0.25) is 0 Å². The summed E-state index contributed by atoms with van der Waals surface area (Å²) in [7, 11) is 3.26. The minimum atomic E-state index is 0.508. The Bertz CT molecular complexity index is 573. The lowest BCUT2D eigenvalue weighted by molar-refractivity contribution is 0.0821. The van der Waals surface area contributed by atoms with Crippen LogP contribution in [0.15, 0.2) is 18.2 Å². The van der Waals surface area contributed by atoms with Gasteiger partial charge in [0.25, 0.3) is 0 Å². The van der Waals surface area contributed by atoms with Crippen molar-refractivity contribution in [2.24, 2.45) is 0 Å². The minimum absolute atomic E-state index is 0.508. The second-order valence-electron chi connectivity index (χ2n) is 4.25. The van der Waals surface area contributed by atoms with Gasteiger partial charge in [0.1, 0.15) is 18.1 Å². The molecular formula is C13H15N3O3. The molecule has 19 heavy (non-hydrogen) atoms. The maximum Gasteiger partial charge on any atom is 0.164 e. The summed E-state index contributed by atoms with van der Waals surface area (Å²) in [6.45, 7) is 1.95. The van der Waals surface area contributed by atoms with Gasteiger partial charge in [-0.15, -0.1) is 10.2 Å². The van der Waals surface area contributed by atoms with Crippen molar-refractivity contribution in [1.29, 1.82) is 0 Å². The molecule has 0 amide bonds. The molecule has 0 atom stereocenters. The lowest BCUT2D eigenvalue weighted by Crippen LogP contribution is -2.17. The lowest BCUT2D eigenvalue weighted by Gasteiger charge is -2.16. The lowest BCUT2D eigenvalue weighted by atomic mass is 10.2. The Morgan fingerprint density at radius 1 is 1.11 bits per heavy atom. The molecule has 6 nitrogen and oxygen atoms in total. The molecule has 0 saturated carbocycles. The van der Waals surface area contributed by atoms with Gasteiger partial charge in [-0.25, -0.2) is 0 Å². The molecule has 0 unspecified atom stereocenters. The van der Waals surface area contributed by atoms with Gasteiger partial charge < -0.3 is 18.8 Å². The van der Waals surface area contributed by atoms with Crippen molar-refractivity contribution in [3.8, 4) is 22.9 Å². The van der Waals surface area contributed by atoms with Gasteiger partial charge in [-0.1, -0.05) is 0 Å². The van der Waals surface area contributed by atoms with E-state index in [4.69, 9.17) is 14.2 Å². The van der Waals surface area contributed by atoms with Crippen LogP contribution in [0.3, 0.4) is 0 Å². The fourth-order valence-electron chi connectivity index (χ4n) is 2.15. The highest BCUT2D eigenvalue weighted by Crippen LogP contribution is 2.29. The van der Waals surface area contributed by atoms with E-state index < -0.39 is 0 Å². The average Bonchev–Trinajstić information content (AvgIpc) is 2.90. The summed E-state index contributed by atoms with van der Waals surface area (Å²) in [4.78, 5) is 0. The molecule has 6 heteroatoms. The largest absolute Gasteiger partial charge is 0.497 e. The monoisotopic (exact) mass is 261 g/mol. The van der Waals surface area contributed by atoms with Crippen LogP contribution in [0.1, 0.15) is 5.82 Å². The molecule has 0 spiro atoms. The molecule has 0 aliphatic carbocycles. The van der Waals surface area contributed by atoms with Gasteiger partial charge in [-0.3, -0.25) is 0 Å². The van der Waals surface area contributed by atoms with Gasteiger partial charge in [-0.05, 0) is 12.1 Å². The number of aromatic nitrogens is 3. The topological polar surface area (TPSA) is 58.4 Å². The summed E-state index contributed by atoms with van der Waals surface area (Å²) in [5, 5.41) is 8.39. The Kier molecular flexibility index (Phi) is 3.08. The number of hydrogen-bond acceptors (Lipinski definition) is 5. The molecule has 3 rings (SSSR count). The molecule has 100 valence electrons. The predicted octanol–water partition coefficient (Wildman–Crippen LogP) is 1.49. The summed E-state index contributed by atoms with van der Waals surface area (Å²) in [6.07, 6.45) is 0. The first-order chi connectivity index (χ1) is 9.31. The van der Waals surface area contributed by atoms with Crippen LogP contribution in [0, 0.1) is 0 Å². The summed E-state index contributed by atoms with van der Waals surface area (Å²) in [6, 6.07) is 5.69. The second-order valence-corrected chi connectivity index (χ2v) is 4.25. The maximum atomic E-state index is 5.36. The summed E-state index contributed by atoms with van der Waals surface area (Å²) >= 11 is 0. The SMILES string of the molecule is COc1cc(OC)cc(-c2nnc3n2CCOC3)c1. The maximum absolute atomic E-state index is 5.36. The van der Waals surface area contributed by atoms with Crippen LogP contribution >= 0.6 is 0 Å². The summed E-state index contributed by atoms with van der Waals surface area (Å²) in [5.74, 6) is 3.14. The van der Waals surface area contributed by atoms with E-state index in [-0.39, 0.29) is 0 Å². The fraction of sp³-hybridized carbons (Fsp3) is 0.385. The van der Waals surface area contributed by atoms with E-state index in [9.17, 15) is 0 Å². The molecule has 1 aliphatic rings. The van der Waals surface area contributed by atoms with Crippen molar-refractivity contribution in [3.05, 3.63) is 24.0 Å². The van der Waals surface area contributed by atoms with Crippen molar-refractivity contribution >= 4 is 0 Å². The highest BCUT2D eigenvalue weighted by molar-refractivity contribution is 5.61. The molecule has 0 bridgehead atoms. The van der Waals surface area contributed by atoms with Crippen LogP contribution in [-0.2, 0) is 17.9 Å². The molecule has 0 N–H and O–H groups in total. The Balaban J connectivity index is 2.08. The quantitative estimate of drug-likeness (QED) is 0.837. The van der Waals surface area contributed by atoms with Crippen molar-refractivity contribution in [2.75, 3.05) is 20.8 Å². The first-order valence-corrected chi connectivity index (χ1v) is 6.05. The minimum Gasteiger partial charge on any atom is -0.497 e. The van der Waals surface area contributed by atoms with Gasteiger partial charge in [-0.2, -0.15) is 0 Å². The van der Waals surface area contributed by atoms with Crippen LogP contribution in [0.4, 0.5) is 0 Å². The third-order valence-corrected chi connectivity index (χ3v) is 3.13. The standard InChI is InChI=1S/C13H15N3O3/c1-17-10-5-9(6-11(7-10)18-2)13-15-14-12-8-19-4-3-16(12)13/h5-7H,3-4,8H2,1-2H3. The average molecular weight is 261 g/mol. The number of benzene rings is 1. The fourth-order valence-corrected chi connectivity index (χ4v) is 2.15. The van der Waals surface area contributed by atoms with Crippen molar-refractivity contribution in [2.45, 2.75) is 13.2 Å². The van der Waals surface area contributed by atoms with Gasteiger partial charge >= 0.3 is 0 Å². The zero-order valence-corrected chi connectivity index (χ0v) is 10.9. The van der Waals surface area contributed by atoms with Crippen molar-refractivity contribution in [3.63, 3.8) is 0 Å². The number of rotatable bonds is 3. The van der Waals surface area contributed by atoms with Gasteiger partial charge in [0.2, 0.25) is 0 Å². The molecule has 0 radical (unpaired) electrons. The van der Waals surface area contributed by atoms with E-state index in [1.165, 1.54) is 0 Å². The Morgan fingerprint density at radius 2 is 1.84 bits per heavy atom. The third-order valence-electron chi connectivity index (χ3n) is 3.13. The summed E-state index contributed by atoms with van der Waals surface area (Å²) in [5.41, 5.74) is 0.928. The predicted molar refractivity (Wildman–Crippen MR) is 68.2 cm³/mol. The molecule has 1 aliphatic heterocycles. The highest BCUT2D eigenvalue weighted by Gasteiger charge is 2.18.